The summed E-state index contributed by atoms with van der Waals surface area (Å²) in [7, 11) is -3.80. The van der Waals surface area contributed by atoms with E-state index in [0.29, 0.717) is 69.7 Å². The van der Waals surface area contributed by atoms with Crippen molar-refractivity contribution in [1.82, 2.24) is 59.5 Å². The van der Waals surface area contributed by atoms with E-state index in [1.807, 2.05) is 193 Å². The van der Waals surface area contributed by atoms with Gasteiger partial charge in [0, 0.05) is 85.8 Å². The van der Waals surface area contributed by atoms with Crippen molar-refractivity contribution in [3.05, 3.63) is 376 Å². The van der Waals surface area contributed by atoms with Crippen LogP contribution in [0.2, 0.25) is 0 Å². The Labute approximate surface area is 735 Å². The minimum absolute atomic E-state index is 0. The molecular formula is C87H94Cl2N15O15SY-. The number of benzene rings is 8. The number of nitrogens with zero attached hydrogens (tertiary/aromatic N) is 12. The zero-order valence-electron chi connectivity index (χ0n) is 68.2. The second-order valence-electron chi connectivity index (χ2n) is 26.2. The van der Waals surface area contributed by atoms with Crippen molar-refractivity contribution in [2.24, 2.45) is 0 Å². The van der Waals surface area contributed by atoms with Crippen LogP contribution in [0.1, 0.15) is 114 Å². The molecule has 30 nitrogen and oxygen atoms in total. The van der Waals surface area contributed by atoms with Gasteiger partial charge >= 0.3 is 11.9 Å². The predicted molar refractivity (Wildman–Crippen MR) is 457 cm³/mol. The number of hydrogen-bond acceptors (Lipinski definition) is 21. The molecule has 8 aromatic carbocycles. The van der Waals surface area contributed by atoms with Gasteiger partial charge in [0.05, 0.1) is 94.6 Å². The Balaban J connectivity index is 0.000000222. The number of alkyl halides is 2. The van der Waals surface area contributed by atoms with Gasteiger partial charge in [0.15, 0.2) is 5.69 Å². The Morgan fingerprint density at radius 3 is 1.39 bits per heavy atom. The molecule has 0 atom stereocenters. The van der Waals surface area contributed by atoms with E-state index in [2.05, 4.69) is 52.9 Å². The number of rotatable bonds is 24. The van der Waals surface area contributed by atoms with Crippen LogP contribution in [0.3, 0.4) is 0 Å². The number of nitro benzene ring substituents is 2. The Morgan fingerprint density at radius 1 is 0.521 bits per heavy atom. The number of aromatic nitrogens is 12. The minimum Gasteiger partial charge on any atom is -0.576 e. The number of nitrogens with two attached hydrogens (primary N) is 1. The van der Waals surface area contributed by atoms with Crippen LogP contribution in [0.25, 0.3) is 0 Å². The van der Waals surface area contributed by atoms with Gasteiger partial charge in [0.2, 0.25) is 0 Å². The number of carbonyl (C=O) groups is 2. The summed E-state index contributed by atoms with van der Waals surface area (Å²) in [5.74, 6) is 0.701. The van der Waals surface area contributed by atoms with Crippen LogP contribution in [0, 0.1) is 68.7 Å². The number of H-pyrrole nitrogens is 2. The summed E-state index contributed by atoms with van der Waals surface area (Å²) in [6, 6.07) is 75.5. The van der Waals surface area contributed by atoms with Gasteiger partial charge in [-0.05, 0) is 169 Å². The smallest absolute Gasteiger partial charge is 0.358 e. The molecule has 1 radical (unpaired) electrons. The van der Waals surface area contributed by atoms with Crippen molar-refractivity contribution in [3.8, 4) is 17.2 Å². The third kappa shape index (κ3) is 34.7. The Hall–Kier alpha value is -12.6. The zero-order chi connectivity index (χ0) is 86.9. The number of nitrogen functional groups attached to an aromatic ring is 1. The second kappa shape index (κ2) is 51.0. The van der Waals surface area contributed by atoms with Crippen molar-refractivity contribution >= 4 is 62.3 Å². The molecule has 0 saturated heterocycles. The maximum atomic E-state index is 12.3. The molecule has 0 aliphatic carbocycles. The van der Waals surface area contributed by atoms with Gasteiger partial charge in [0.1, 0.15) is 36.2 Å². The van der Waals surface area contributed by atoms with Gasteiger partial charge in [0.25, 0.3) is 27.1 Å². The van der Waals surface area contributed by atoms with Gasteiger partial charge in [-0.15, -0.1) is 28.9 Å². The fourth-order valence-electron chi connectivity index (χ4n) is 10.7. The van der Waals surface area contributed by atoms with Crippen molar-refractivity contribution < 1.29 is 88.8 Å². The molecule has 0 fully saturated rings. The van der Waals surface area contributed by atoms with E-state index in [4.69, 9.17) is 57.2 Å². The minimum atomic E-state index is -3.80. The van der Waals surface area contributed by atoms with Crippen LogP contribution < -0.4 is 25.9 Å². The van der Waals surface area contributed by atoms with E-state index in [-0.39, 0.29) is 84.2 Å². The number of nitro groups is 2. The molecule has 14 aromatic rings. The quantitative estimate of drug-likeness (QED) is 0.0109. The topological polar surface area (TPSA) is 394 Å². The monoisotopic (exact) mass is 1780 g/mol. The predicted octanol–water partition coefficient (Wildman–Crippen LogP) is 16.3. The summed E-state index contributed by atoms with van der Waals surface area (Å²) in [6.45, 7) is 20.7. The molecule has 0 bridgehead atoms. The number of aryl methyl sites for hydroxylation is 7. The number of esters is 2. The first-order valence-electron chi connectivity index (χ1n) is 37.3. The van der Waals surface area contributed by atoms with E-state index < -0.39 is 20.0 Å². The van der Waals surface area contributed by atoms with Crippen molar-refractivity contribution in [3.63, 3.8) is 0 Å². The second-order valence-corrected chi connectivity index (χ2v) is 28.6. The van der Waals surface area contributed by atoms with Crippen molar-refractivity contribution in [2.45, 2.75) is 113 Å². The van der Waals surface area contributed by atoms with Gasteiger partial charge < -0.3 is 40.0 Å². The molecule has 121 heavy (non-hydrogen) atoms. The van der Waals surface area contributed by atoms with Crippen LogP contribution >= 0.6 is 23.2 Å². The van der Waals surface area contributed by atoms with Crippen LogP contribution in [0.15, 0.2) is 264 Å². The largest absolute Gasteiger partial charge is 0.576 e. The number of phenolic OH excluding ortho intramolecular Hbond substituents is 1. The summed E-state index contributed by atoms with van der Waals surface area (Å²) >= 11 is 9.53. The normalized spacial score (nSPS) is 10.3. The van der Waals surface area contributed by atoms with Crippen molar-refractivity contribution in [1.29, 1.82) is 0 Å². The molecule has 34 heteroatoms. The number of halogens is 2. The Kier molecular flexibility index (Phi) is 40.9. The third-order valence-electron chi connectivity index (χ3n) is 16.3. The molecule has 0 amide bonds. The summed E-state index contributed by atoms with van der Waals surface area (Å²) in [4.78, 5) is 54.0. The van der Waals surface area contributed by atoms with E-state index in [9.17, 15) is 43.0 Å². The average molecular weight is 1780 g/mol. The number of hydrogen-bond donors (Lipinski definition) is 4. The van der Waals surface area contributed by atoms with E-state index in [1.165, 1.54) is 36.4 Å². The molecule has 14 rings (SSSR count). The van der Waals surface area contributed by atoms with E-state index in [1.54, 1.807) is 94.6 Å². The molecule has 6 aromatic heterocycles. The number of carbonyl (C=O) groups excluding carboxylic acids is 2. The third-order valence-corrected chi connectivity index (χ3v) is 17.6. The first-order chi connectivity index (χ1) is 57.6. The van der Waals surface area contributed by atoms with Crippen LogP contribution in [0.4, 0.5) is 17.1 Å². The summed E-state index contributed by atoms with van der Waals surface area (Å²) in [6.07, 6.45) is 0. The van der Waals surface area contributed by atoms with Crippen LogP contribution in [0.5, 0.6) is 17.2 Å². The summed E-state index contributed by atoms with van der Waals surface area (Å²) < 4.78 is 57.9. The fourth-order valence-corrected chi connectivity index (χ4v) is 11.6. The molecule has 0 aliphatic rings. The zero-order valence-corrected chi connectivity index (χ0v) is 73.3. The Bertz CT molecular complexity index is 5620. The van der Waals surface area contributed by atoms with E-state index in [0.717, 1.165) is 90.5 Å². The van der Waals surface area contributed by atoms with Gasteiger partial charge in [-0.3, -0.25) is 53.4 Å². The molecule has 0 aliphatic heterocycles. The molecule has 0 unspecified atom stereocenters. The molecule has 5 N–H and O–H groups in total. The summed E-state index contributed by atoms with van der Waals surface area (Å²) in [5.41, 5.74) is 20.4. The van der Waals surface area contributed by atoms with Crippen LogP contribution in [-0.4, -0.2) is 108 Å². The SMILES string of the molecule is CCOC(=O)c1cc(C)[nH]n1.CCOC(=O)c1cc(C)nn1Cc1ccccc1.Cc1cc(=O)n(Cc2ccccc2)[nH]1.Cc1cc(COc2ccc(N)cc2)[n-]n1.Cc1cc(COc2ccc([N+](=O)[O-])cc2)n(Cc2ccccc2)n1.Cc1ccc(S(=O)(=O)OCc2cc(C)nn2Cc2ccccc2)cc1.ClCCl.O=[N+]([O-])c1ccc(O)cc1.[Y]. The van der Waals surface area contributed by atoms with Gasteiger partial charge in [-0.1, -0.05) is 145 Å². The molecule has 0 saturated carbocycles. The fraction of sp³-hybridized carbons (Fsp3) is 0.218. The number of aromatic amines is 2. The number of aromatic hydroxyl groups is 1. The average Bonchev–Trinajstić information content (AvgIpc) is 1.73. The number of anilines is 1. The first kappa shape index (κ1) is 97.2. The van der Waals surface area contributed by atoms with Crippen molar-refractivity contribution in [2.75, 3.05) is 24.3 Å². The molecule has 6 heterocycles. The number of phenols is 1. The molecule has 0 spiro atoms. The van der Waals surface area contributed by atoms with Gasteiger partial charge in [-0.2, -0.15) is 28.8 Å². The number of ether oxygens (including phenoxy) is 4. The standard InChI is InChI=1S/C19H20N2O3S.C18H17N3O3.C14H16N2O2.C11H12N3O.C11H12N2O.C7H10N2O2.C6H5NO3.CH2Cl2.Y/c1-15-8-10-19(11-9-15)25(22,23)24-14-18-12-16(2)20-21(18)13-17-6-4-3-5-7-17;1-14-11-17(20(19-14)12-15-5-3-2-4-6-15)13-24-18-9-7-16(8-10-18)21(22)23;1-3-18-14(17)13-9-11(2)15-16(13)10-12-7-5-4-6-8-12;1-8-6-10(14-13-8)7-15-11-4-2-9(12)3-5-11;1-9-7-11(14)13(12-9)8-10-5-3-2-4-6-10;1-3-11-7(10)6-4-5(2)8-9-6;8-6-3-1-5(2-4-6)7(9)10;2-1-3;/h3-12H,13-14H2,1-2H3;2-11H,12-13H2,1H3;4-9H,3,10H2,1-2H3;2-6H,7,12H2,1H3;2-7,12H,8H2,1H3;4H,3H2,1-2H3,(H,8,9);1-4,8H;1H2;/q;;;-1;;;;;. The number of nitrogens with one attached hydrogen (secondary N) is 2. The van der Waals surface area contributed by atoms with Crippen LogP contribution in [-0.2, 0) is 102 Å². The number of non-ortho nitro benzene ring substituents is 2. The molecular weight excluding hydrogens is 1690 g/mol. The maximum absolute atomic E-state index is 12.3. The van der Waals surface area contributed by atoms with E-state index >= 15 is 0 Å². The molecule has 631 valence electrons. The summed E-state index contributed by atoms with van der Waals surface area (Å²) in [5, 5.41) is 60.1. The Morgan fingerprint density at radius 2 is 0.950 bits per heavy atom. The first-order valence-corrected chi connectivity index (χ1v) is 39.8. The maximum Gasteiger partial charge on any atom is 0.358 e. The van der Waals surface area contributed by atoms with Gasteiger partial charge in [-0.25, -0.2) is 14.3 Å².